The summed E-state index contributed by atoms with van der Waals surface area (Å²) < 4.78 is 0. The lowest BCUT2D eigenvalue weighted by Crippen LogP contribution is -2.55. The first-order valence-electron chi connectivity index (χ1n) is 12.4. The lowest BCUT2D eigenvalue weighted by molar-refractivity contribution is -0.137. The molecule has 5 nitrogen and oxygen atoms in total. The van der Waals surface area contributed by atoms with E-state index in [4.69, 9.17) is 0 Å². The van der Waals surface area contributed by atoms with Gasteiger partial charge in [0.2, 0.25) is 5.91 Å². The number of hydrogen-bond acceptors (Lipinski definition) is 4. The summed E-state index contributed by atoms with van der Waals surface area (Å²) in [7, 11) is 6.07. The molecular formula is C26H48N4O. The Kier molecular flexibility index (Phi) is 9.17. The zero-order valence-corrected chi connectivity index (χ0v) is 21.6. The van der Waals surface area contributed by atoms with E-state index >= 15 is 0 Å². The number of nitrogens with zero attached hydrogens (tertiary/aromatic N) is 3. The Morgan fingerprint density at radius 1 is 1.23 bits per heavy atom. The summed E-state index contributed by atoms with van der Waals surface area (Å²) in [5.74, 6) is 1.86. The standard InChI is InChI=1S/C26H48N4O/c1-11-17(4)24(18(5)14-19(6)27-8)30(10)26(31)23(16(2)3)28-20(7)25-21-12-13-22(15-21)29(25)9/h16-18,21-25,28H,7,11-15H2,1-6,8-10H3/b27-19+/t17?,18?,21?,22-,23?,24?,25?/m0/s1. The zero-order chi connectivity index (χ0) is 23.5. The maximum atomic E-state index is 13.8. The number of carbonyl (C=O) groups is 1. The summed E-state index contributed by atoms with van der Waals surface area (Å²) in [6.45, 7) is 17.5. The smallest absolute Gasteiger partial charge is 0.245 e. The molecule has 2 fully saturated rings. The van der Waals surface area contributed by atoms with Crippen LogP contribution in [0, 0.1) is 23.7 Å². The SMILES string of the molecule is C=C(NC(C(=O)N(C)C(C(C)CC)C(C)C/C(C)=N/C)C(C)C)C1C2CC[C@@H](C2)N1C. The summed E-state index contributed by atoms with van der Waals surface area (Å²) in [6.07, 6.45) is 5.83. The summed E-state index contributed by atoms with van der Waals surface area (Å²) in [5.41, 5.74) is 2.17. The lowest BCUT2D eigenvalue weighted by Gasteiger charge is -2.41. The summed E-state index contributed by atoms with van der Waals surface area (Å²) >= 11 is 0. The van der Waals surface area contributed by atoms with Crippen LogP contribution in [0.2, 0.25) is 0 Å². The molecule has 1 aliphatic carbocycles. The van der Waals surface area contributed by atoms with Crippen molar-refractivity contribution in [1.82, 2.24) is 15.1 Å². The third kappa shape index (κ3) is 5.71. The van der Waals surface area contributed by atoms with E-state index < -0.39 is 0 Å². The van der Waals surface area contributed by atoms with Crippen molar-refractivity contribution in [2.24, 2.45) is 28.7 Å². The number of aliphatic imine (C=N–C) groups is 1. The van der Waals surface area contributed by atoms with Gasteiger partial charge in [0, 0.05) is 37.6 Å². The van der Waals surface area contributed by atoms with Crippen molar-refractivity contribution in [3.05, 3.63) is 12.3 Å². The summed E-state index contributed by atoms with van der Waals surface area (Å²) in [6, 6.07) is 0.981. The fourth-order valence-electron chi connectivity index (χ4n) is 6.15. The predicted octanol–water partition coefficient (Wildman–Crippen LogP) is 4.59. The van der Waals surface area contributed by atoms with Crippen LogP contribution in [0.3, 0.4) is 0 Å². The van der Waals surface area contributed by atoms with E-state index in [2.05, 4.69) is 70.4 Å². The van der Waals surface area contributed by atoms with Gasteiger partial charge in [-0.25, -0.2) is 0 Å². The highest BCUT2D eigenvalue weighted by Gasteiger charge is 2.45. The summed E-state index contributed by atoms with van der Waals surface area (Å²) in [4.78, 5) is 22.6. The number of rotatable bonds is 11. The van der Waals surface area contributed by atoms with Gasteiger partial charge >= 0.3 is 0 Å². The minimum atomic E-state index is -0.246. The van der Waals surface area contributed by atoms with Gasteiger partial charge in [-0.2, -0.15) is 0 Å². The van der Waals surface area contributed by atoms with Crippen molar-refractivity contribution in [2.75, 3.05) is 21.1 Å². The van der Waals surface area contributed by atoms with E-state index in [9.17, 15) is 4.79 Å². The van der Waals surface area contributed by atoms with Gasteiger partial charge < -0.3 is 10.2 Å². The van der Waals surface area contributed by atoms with Gasteiger partial charge in [-0.15, -0.1) is 0 Å². The Labute approximate surface area is 191 Å². The van der Waals surface area contributed by atoms with Gasteiger partial charge in [-0.3, -0.25) is 14.7 Å². The van der Waals surface area contributed by atoms with Crippen molar-refractivity contribution in [3.63, 3.8) is 0 Å². The van der Waals surface area contributed by atoms with Gasteiger partial charge in [0.15, 0.2) is 0 Å². The quantitative estimate of drug-likeness (QED) is 0.486. The van der Waals surface area contributed by atoms with Crippen molar-refractivity contribution in [2.45, 2.75) is 97.8 Å². The second-order valence-electron chi connectivity index (χ2n) is 10.7. The number of nitrogens with one attached hydrogen (secondary N) is 1. The molecule has 1 amide bonds. The zero-order valence-electron chi connectivity index (χ0n) is 21.6. The number of carbonyl (C=O) groups excluding carboxylic acids is 1. The van der Waals surface area contributed by atoms with Crippen LogP contribution in [0.1, 0.15) is 73.6 Å². The molecule has 2 aliphatic rings. The predicted molar refractivity (Wildman–Crippen MR) is 132 cm³/mol. The molecule has 0 aromatic carbocycles. The molecule has 0 aromatic rings. The molecular weight excluding hydrogens is 384 g/mol. The average molecular weight is 433 g/mol. The number of fused-ring (bicyclic) bond motifs is 2. The first-order chi connectivity index (χ1) is 14.5. The van der Waals surface area contributed by atoms with Crippen molar-refractivity contribution < 1.29 is 4.79 Å². The molecule has 6 unspecified atom stereocenters. The Morgan fingerprint density at radius 3 is 2.35 bits per heavy atom. The van der Waals surface area contributed by atoms with Gasteiger partial charge in [-0.1, -0.05) is 47.6 Å². The van der Waals surface area contributed by atoms with Gasteiger partial charge in [0.05, 0.1) is 6.04 Å². The molecule has 1 saturated carbocycles. The van der Waals surface area contributed by atoms with Crippen LogP contribution in [0.5, 0.6) is 0 Å². The molecule has 2 bridgehead atoms. The van der Waals surface area contributed by atoms with Gasteiger partial charge in [0.1, 0.15) is 6.04 Å². The van der Waals surface area contributed by atoms with Gasteiger partial charge in [0.25, 0.3) is 0 Å². The Balaban J connectivity index is 2.16. The van der Waals surface area contributed by atoms with Crippen LogP contribution in [0.15, 0.2) is 17.3 Å². The summed E-state index contributed by atoms with van der Waals surface area (Å²) in [5, 5.41) is 3.61. The van der Waals surface area contributed by atoms with Crippen LogP contribution in [0.4, 0.5) is 0 Å². The maximum absolute atomic E-state index is 13.8. The number of hydrogen-bond donors (Lipinski definition) is 1. The first kappa shape index (κ1) is 25.9. The third-order valence-corrected chi connectivity index (χ3v) is 8.14. The van der Waals surface area contributed by atoms with Crippen molar-refractivity contribution in [1.29, 1.82) is 0 Å². The van der Waals surface area contributed by atoms with Crippen molar-refractivity contribution in [3.8, 4) is 0 Å². The Hall–Kier alpha value is -1.36. The molecule has 1 saturated heterocycles. The molecule has 1 heterocycles. The molecule has 0 aromatic heterocycles. The van der Waals surface area contributed by atoms with E-state index in [1.807, 2.05) is 19.0 Å². The highest BCUT2D eigenvalue weighted by atomic mass is 16.2. The highest BCUT2D eigenvalue weighted by Crippen LogP contribution is 2.43. The number of likely N-dealkylation sites (tertiary alicyclic amines) is 1. The Morgan fingerprint density at radius 2 is 1.87 bits per heavy atom. The molecule has 0 spiro atoms. The number of amides is 1. The monoisotopic (exact) mass is 432 g/mol. The fourth-order valence-corrected chi connectivity index (χ4v) is 6.15. The molecule has 0 radical (unpaired) electrons. The Bertz CT molecular complexity index is 656. The van der Waals surface area contributed by atoms with Gasteiger partial charge in [-0.05, 0) is 63.3 Å². The largest absolute Gasteiger partial charge is 0.376 e. The molecule has 178 valence electrons. The molecule has 1 aliphatic heterocycles. The van der Waals surface area contributed by atoms with E-state index in [0.717, 1.165) is 24.3 Å². The van der Waals surface area contributed by atoms with E-state index in [1.165, 1.54) is 19.3 Å². The van der Waals surface area contributed by atoms with Crippen LogP contribution in [0.25, 0.3) is 0 Å². The maximum Gasteiger partial charge on any atom is 0.245 e. The first-order valence-corrected chi connectivity index (χ1v) is 12.4. The minimum Gasteiger partial charge on any atom is -0.376 e. The van der Waals surface area contributed by atoms with E-state index in [1.54, 1.807) is 0 Å². The number of piperidine rings is 1. The molecule has 5 heteroatoms. The molecule has 7 atom stereocenters. The van der Waals surface area contributed by atoms with Crippen LogP contribution >= 0.6 is 0 Å². The van der Waals surface area contributed by atoms with Crippen LogP contribution in [-0.2, 0) is 4.79 Å². The second-order valence-corrected chi connectivity index (χ2v) is 10.7. The molecule has 2 rings (SSSR count). The normalized spacial score (nSPS) is 27.8. The highest BCUT2D eigenvalue weighted by molar-refractivity contribution is 5.83. The minimum absolute atomic E-state index is 0.185. The fraction of sp³-hybridized carbons (Fsp3) is 0.846. The average Bonchev–Trinajstić information content (AvgIpc) is 3.32. The van der Waals surface area contributed by atoms with Crippen LogP contribution < -0.4 is 5.32 Å². The van der Waals surface area contributed by atoms with E-state index in [0.29, 0.717) is 29.8 Å². The lowest BCUT2D eigenvalue weighted by atomic mass is 9.84. The third-order valence-electron chi connectivity index (χ3n) is 8.14. The second kappa shape index (κ2) is 11.0. The molecule has 1 N–H and O–H groups in total. The molecule has 31 heavy (non-hydrogen) atoms. The van der Waals surface area contributed by atoms with Crippen molar-refractivity contribution >= 4 is 11.6 Å². The van der Waals surface area contributed by atoms with E-state index in [-0.39, 0.29) is 23.9 Å². The number of likely N-dealkylation sites (N-methyl/N-ethyl adjacent to an activating group) is 2. The van der Waals surface area contributed by atoms with Crippen LogP contribution in [-0.4, -0.2) is 66.7 Å². The topological polar surface area (TPSA) is 47.9 Å².